The second-order valence-electron chi connectivity index (χ2n) is 5.75. The smallest absolute Gasteiger partial charge is 0.0210 e. The molecular formula is C14H20BrN. The van der Waals surface area contributed by atoms with Gasteiger partial charge in [-0.1, -0.05) is 34.1 Å². The van der Waals surface area contributed by atoms with Crippen LogP contribution in [0.15, 0.2) is 28.7 Å². The predicted molar refractivity (Wildman–Crippen MR) is 72.7 cm³/mol. The lowest BCUT2D eigenvalue weighted by molar-refractivity contribution is 0.414. The molecule has 2 unspecified atom stereocenters. The summed E-state index contributed by atoms with van der Waals surface area (Å²) in [7, 11) is 0. The van der Waals surface area contributed by atoms with Crippen molar-refractivity contribution in [3.8, 4) is 0 Å². The largest absolute Gasteiger partial charge is 0.312 e. The van der Waals surface area contributed by atoms with Crippen molar-refractivity contribution in [1.82, 2.24) is 5.32 Å². The molecule has 1 nitrogen and oxygen atoms in total. The summed E-state index contributed by atoms with van der Waals surface area (Å²) < 4.78 is 1.26. The van der Waals surface area contributed by atoms with Gasteiger partial charge in [-0.3, -0.25) is 0 Å². The van der Waals surface area contributed by atoms with Gasteiger partial charge in [-0.2, -0.15) is 0 Å². The third-order valence-electron chi connectivity index (χ3n) is 3.12. The van der Waals surface area contributed by atoms with Crippen LogP contribution in [0.3, 0.4) is 0 Å². The van der Waals surface area contributed by atoms with Crippen molar-refractivity contribution in [1.29, 1.82) is 0 Å². The molecule has 1 fully saturated rings. The third-order valence-corrected chi connectivity index (χ3v) is 3.84. The van der Waals surface area contributed by atoms with Crippen molar-refractivity contribution in [3.63, 3.8) is 0 Å². The average molecular weight is 282 g/mol. The zero-order valence-electron chi connectivity index (χ0n) is 10.3. The highest BCUT2D eigenvalue weighted by molar-refractivity contribution is 9.10. The van der Waals surface area contributed by atoms with Gasteiger partial charge in [0.15, 0.2) is 0 Å². The van der Waals surface area contributed by atoms with Gasteiger partial charge in [-0.05, 0) is 57.2 Å². The van der Waals surface area contributed by atoms with Crippen molar-refractivity contribution >= 4 is 15.9 Å². The van der Waals surface area contributed by atoms with Crippen LogP contribution < -0.4 is 5.32 Å². The maximum absolute atomic E-state index is 3.63. The summed E-state index contributed by atoms with van der Waals surface area (Å²) >= 11 is 3.63. The fourth-order valence-electron chi connectivity index (χ4n) is 2.07. The average Bonchev–Trinajstić information content (AvgIpc) is 2.94. The molecule has 1 N–H and O–H groups in total. The number of halogens is 1. The van der Waals surface area contributed by atoms with Crippen molar-refractivity contribution < 1.29 is 0 Å². The molecule has 2 rings (SSSR count). The van der Waals surface area contributed by atoms with Crippen LogP contribution in [0, 0.1) is 5.92 Å². The Kier molecular flexibility index (Phi) is 3.41. The lowest BCUT2D eigenvalue weighted by Crippen LogP contribution is -2.37. The van der Waals surface area contributed by atoms with E-state index in [0.29, 0.717) is 0 Å². The SMILES string of the molecule is CC(C)(C)NCC1CC1c1ccccc1Br. The summed E-state index contributed by atoms with van der Waals surface area (Å²) in [5.41, 5.74) is 1.71. The quantitative estimate of drug-likeness (QED) is 0.885. The molecule has 0 heterocycles. The molecule has 2 atom stereocenters. The third kappa shape index (κ3) is 3.08. The lowest BCUT2D eigenvalue weighted by atomic mass is 10.1. The second kappa shape index (κ2) is 4.50. The summed E-state index contributed by atoms with van der Waals surface area (Å²) in [5, 5.41) is 3.59. The van der Waals surface area contributed by atoms with Crippen LogP contribution in [0.1, 0.15) is 38.7 Å². The van der Waals surface area contributed by atoms with Crippen molar-refractivity contribution in [3.05, 3.63) is 34.3 Å². The van der Waals surface area contributed by atoms with Gasteiger partial charge in [0, 0.05) is 10.0 Å². The van der Waals surface area contributed by atoms with E-state index in [2.05, 4.69) is 66.3 Å². The first-order valence-electron chi connectivity index (χ1n) is 5.97. The minimum atomic E-state index is 0.237. The summed E-state index contributed by atoms with van der Waals surface area (Å²) in [6.45, 7) is 7.81. The van der Waals surface area contributed by atoms with E-state index in [1.165, 1.54) is 16.5 Å². The molecule has 16 heavy (non-hydrogen) atoms. The maximum atomic E-state index is 3.63. The van der Waals surface area contributed by atoms with Crippen LogP contribution in [0.25, 0.3) is 0 Å². The van der Waals surface area contributed by atoms with Gasteiger partial charge in [-0.25, -0.2) is 0 Å². The van der Waals surface area contributed by atoms with E-state index in [0.717, 1.165) is 18.4 Å². The lowest BCUT2D eigenvalue weighted by Gasteiger charge is -2.20. The van der Waals surface area contributed by atoms with Crippen molar-refractivity contribution in [2.24, 2.45) is 5.92 Å². The first-order chi connectivity index (χ1) is 7.47. The molecule has 0 spiro atoms. The van der Waals surface area contributed by atoms with Crippen LogP contribution in [0.5, 0.6) is 0 Å². The molecule has 1 saturated carbocycles. The van der Waals surface area contributed by atoms with Gasteiger partial charge in [0.05, 0.1) is 0 Å². The number of rotatable bonds is 3. The standard InChI is InChI=1S/C14H20BrN/c1-14(2,3)16-9-10-8-12(10)11-6-4-5-7-13(11)15/h4-7,10,12,16H,8-9H2,1-3H3. The van der Waals surface area contributed by atoms with E-state index in [9.17, 15) is 0 Å². The molecule has 0 saturated heterocycles. The molecule has 0 amide bonds. The molecule has 0 radical (unpaired) electrons. The topological polar surface area (TPSA) is 12.0 Å². The Morgan fingerprint density at radius 1 is 1.31 bits per heavy atom. The highest BCUT2D eigenvalue weighted by Crippen LogP contribution is 2.49. The van der Waals surface area contributed by atoms with Gasteiger partial charge < -0.3 is 5.32 Å². The molecular weight excluding hydrogens is 262 g/mol. The van der Waals surface area contributed by atoms with E-state index in [-0.39, 0.29) is 5.54 Å². The Morgan fingerprint density at radius 2 is 2.00 bits per heavy atom. The van der Waals surface area contributed by atoms with E-state index >= 15 is 0 Å². The summed E-state index contributed by atoms with van der Waals surface area (Å²) in [5.74, 6) is 1.57. The van der Waals surface area contributed by atoms with Crippen LogP contribution in [0.2, 0.25) is 0 Å². The number of hydrogen-bond acceptors (Lipinski definition) is 1. The summed E-state index contributed by atoms with van der Waals surface area (Å²) in [6, 6.07) is 8.60. The van der Waals surface area contributed by atoms with Crippen LogP contribution in [-0.2, 0) is 0 Å². The summed E-state index contributed by atoms with van der Waals surface area (Å²) in [4.78, 5) is 0. The Bertz CT molecular complexity index is 367. The zero-order valence-corrected chi connectivity index (χ0v) is 11.8. The van der Waals surface area contributed by atoms with Gasteiger partial charge in [-0.15, -0.1) is 0 Å². The highest BCUT2D eigenvalue weighted by Gasteiger charge is 2.39. The molecule has 1 aliphatic carbocycles. The zero-order chi connectivity index (χ0) is 11.8. The number of nitrogens with one attached hydrogen (secondary N) is 1. The second-order valence-corrected chi connectivity index (χ2v) is 6.61. The van der Waals surface area contributed by atoms with E-state index in [4.69, 9.17) is 0 Å². The monoisotopic (exact) mass is 281 g/mol. The number of benzene rings is 1. The van der Waals surface area contributed by atoms with Gasteiger partial charge >= 0.3 is 0 Å². The van der Waals surface area contributed by atoms with Gasteiger partial charge in [0.25, 0.3) is 0 Å². The van der Waals surface area contributed by atoms with E-state index in [1.54, 1.807) is 0 Å². The van der Waals surface area contributed by atoms with Crippen LogP contribution in [-0.4, -0.2) is 12.1 Å². The van der Waals surface area contributed by atoms with E-state index < -0.39 is 0 Å². The first kappa shape index (κ1) is 12.1. The predicted octanol–water partition coefficient (Wildman–Crippen LogP) is 3.94. The molecule has 88 valence electrons. The molecule has 0 aliphatic heterocycles. The highest BCUT2D eigenvalue weighted by atomic mass is 79.9. The van der Waals surface area contributed by atoms with Gasteiger partial charge in [0.2, 0.25) is 0 Å². The molecule has 0 aromatic heterocycles. The van der Waals surface area contributed by atoms with Crippen LogP contribution >= 0.6 is 15.9 Å². The van der Waals surface area contributed by atoms with Gasteiger partial charge in [0.1, 0.15) is 0 Å². The Morgan fingerprint density at radius 3 is 2.62 bits per heavy atom. The Balaban J connectivity index is 1.90. The fraction of sp³-hybridized carbons (Fsp3) is 0.571. The Hall–Kier alpha value is -0.340. The summed E-state index contributed by atoms with van der Waals surface area (Å²) in [6.07, 6.45) is 1.33. The minimum Gasteiger partial charge on any atom is -0.312 e. The number of hydrogen-bond donors (Lipinski definition) is 1. The van der Waals surface area contributed by atoms with Crippen molar-refractivity contribution in [2.45, 2.75) is 38.6 Å². The van der Waals surface area contributed by atoms with Crippen LogP contribution in [0.4, 0.5) is 0 Å². The molecule has 1 aromatic rings. The molecule has 1 aromatic carbocycles. The first-order valence-corrected chi connectivity index (χ1v) is 6.76. The Labute approximate surface area is 107 Å². The maximum Gasteiger partial charge on any atom is 0.0210 e. The minimum absolute atomic E-state index is 0.237. The van der Waals surface area contributed by atoms with Crippen molar-refractivity contribution in [2.75, 3.05) is 6.54 Å². The molecule has 2 heteroatoms. The molecule has 0 bridgehead atoms. The normalized spacial score (nSPS) is 24.5. The fourth-order valence-corrected chi connectivity index (χ4v) is 2.65. The van der Waals surface area contributed by atoms with E-state index in [1.807, 2.05) is 0 Å². The molecule has 1 aliphatic rings.